The van der Waals surface area contributed by atoms with Gasteiger partial charge in [0.05, 0.1) is 0 Å². The molecule has 1 aromatic carbocycles. The summed E-state index contributed by atoms with van der Waals surface area (Å²) in [5.41, 5.74) is 1.48. The largest absolute Gasteiger partial charge is 0.356 e. The lowest BCUT2D eigenvalue weighted by atomic mass is 9.96. The highest BCUT2D eigenvalue weighted by Crippen LogP contribution is 2.48. The SMILES string of the molecule is CCC(CC)C(=O)N1CCC(NC(=NC)NCC2(c3cccc(Cl)c3)CC2)CC1.I. The zero-order chi connectivity index (χ0) is 20.9. The Bertz CT molecular complexity index is 726. The van der Waals surface area contributed by atoms with Gasteiger partial charge in [-0.2, -0.15) is 0 Å². The second-order valence-corrected chi connectivity index (χ2v) is 8.91. The average Bonchev–Trinajstić information content (AvgIpc) is 3.53. The molecular formula is C23H36ClIN4O. The molecule has 1 amide bonds. The van der Waals surface area contributed by atoms with Crippen molar-refractivity contribution in [3.05, 3.63) is 34.9 Å². The molecule has 5 nitrogen and oxygen atoms in total. The van der Waals surface area contributed by atoms with Crippen LogP contribution in [0.4, 0.5) is 0 Å². The van der Waals surface area contributed by atoms with Gasteiger partial charge in [-0.1, -0.05) is 37.6 Å². The Morgan fingerprint density at radius 1 is 1.27 bits per heavy atom. The fourth-order valence-electron chi connectivity index (χ4n) is 4.32. The number of nitrogens with one attached hydrogen (secondary N) is 2. The van der Waals surface area contributed by atoms with Gasteiger partial charge in [-0.3, -0.25) is 9.79 Å². The first kappa shape index (κ1) is 25.2. The number of carbonyl (C=O) groups is 1. The van der Waals surface area contributed by atoms with E-state index in [1.165, 1.54) is 18.4 Å². The molecule has 0 radical (unpaired) electrons. The number of carbonyl (C=O) groups excluding carboxylic acids is 1. The summed E-state index contributed by atoms with van der Waals surface area (Å²) in [6, 6.07) is 8.56. The molecule has 1 heterocycles. The molecule has 1 aliphatic carbocycles. The molecule has 0 unspecified atom stereocenters. The van der Waals surface area contributed by atoms with Crippen molar-refractivity contribution in [2.24, 2.45) is 10.9 Å². The van der Waals surface area contributed by atoms with Gasteiger partial charge < -0.3 is 15.5 Å². The topological polar surface area (TPSA) is 56.7 Å². The van der Waals surface area contributed by atoms with Crippen LogP contribution < -0.4 is 10.6 Å². The van der Waals surface area contributed by atoms with E-state index in [4.69, 9.17) is 11.6 Å². The molecule has 168 valence electrons. The van der Waals surface area contributed by atoms with Crippen LogP contribution in [0.2, 0.25) is 5.02 Å². The number of hydrogen-bond donors (Lipinski definition) is 2. The van der Waals surface area contributed by atoms with E-state index in [0.29, 0.717) is 11.9 Å². The minimum atomic E-state index is 0. The standard InChI is InChI=1S/C23H35ClN4O.HI/c1-4-17(5-2)21(29)28-13-9-20(10-14-28)27-22(25-3)26-16-23(11-12-23)18-7-6-8-19(24)15-18;/h6-8,15,17,20H,4-5,9-14,16H2,1-3H3,(H2,25,26,27);1H. The lowest BCUT2D eigenvalue weighted by molar-refractivity contribution is -0.136. The molecule has 1 aliphatic heterocycles. The second kappa shape index (κ2) is 11.6. The predicted octanol–water partition coefficient (Wildman–Crippen LogP) is 4.58. The fraction of sp³-hybridized carbons (Fsp3) is 0.652. The monoisotopic (exact) mass is 546 g/mol. The van der Waals surface area contributed by atoms with Crippen LogP contribution >= 0.6 is 35.6 Å². The van der Waals surface area contributed by atoms with Gasteiger partial charge in [0.1, 0.15) is 0 Å². The maximum atomic E-state index is 12.6. The van der Waals surface area contributed by atoms with E-state index in [0.717, 1.165) is 56.3 Å². The van der Waals surface area contributed by atoms with Gasteiger partial charge in [-0.05, 0) is 56.2 Å². The molecule has 1 saturated carbocycles. The highest BCUT2D eigenvalue weighted by atomic mass is 127. The van der Waals surface area contributed by atoms with Crippen molar-refractivity contribution in [3.8, 4) is 0 Å². The molecule has 0 bridgehead atoms. The van der Waals surface area contributed by atoms with E-state index in [9.17, 15) is 4.79 Å². The first-order valence-corrected chi connectivity index (χ1v) is 11.4. The van der Waals surface area contributed by atoms with Crippen molar-refractivity contribution in [2.75, 3.05) is 26.7 Å². The number of benzene rings is 1. The van der Waals surface area contributed by atoms with E-state index in [1.807, 2.05) is 24.1 Å². The van der Waals surface area contributed by atoms with Crippen LogP contribution in [0.3, 0.4) is 0 Å². The molecule has 2 fully saturated rings. The van der Waals surface area contributed by atoms with Crippen molar-refractivity contribution < 1.29 is 4.79 Å². The lowest BCUT2D eigenvalue weighted by Crippen LogP contribution is -2.51. The van der Waals surface area contributed by atoms with Crippen molar-refractivity contribution in [1.82, 2.24) is 15.5 Å². The number of hydrogen-bond acceptors (Lipinski definition) is 2. The molecule has 1 saturated heterocycles. The van der Waals surface area contributed by atoms with E-state index in [1.54, 1.807) is 0 Å². The first-order chi connectivity index (χ1) is 14.0. The fourth-order valence-corrected chi connectivity index (χ4v) is 4.51. The number of piperidine rings is 1. The summed E-state index contributed by atoms with van der Waals surface area (Å²) in [6.07, 6.45) is 6.14. The maximum absolute atomic E-state index is 12.6. The summed E-state index contributed by atoms with van der Waals surface area (Å²) in [5.74, 6) is 1.35. The molecule has 0 spiro atoms. The predicted molar refractivity (Wildman–Crippen MR) is 136 cm³/mol. The normalized spacial score (nSPS) is 18.7. The van der Waals surface area contributed by atoms with Crippen LogP contribution in [0.25, 0.3) is 0 Å². The quantitative estimate of drug-likeness (QED) is 0.299. The van der Waals surface area contributed by atoms with Gasteiger partial charge >= 0.3 is 0 Å². The number of likely N-dealkylation sites (tertiary alicyclic amines) is 1. The maximum Gasteiger partial charge on any atom is 0.225 e. The Morgan fingerprint density at radius 3 is 2.47 bits per heavy atom. The Balaban J connectivity index is 0.00000320. The van der Waals surface area contributed by atoms with Crippen molar-refractivity contribution in [1.29, 1.82) is 0 Å². The van der Waals surface area contributed by atoms with E-state index in [2.05, 4.69) is 41.6 Å². The Morgan fingerprint density at radius 2 is 1.93 bits per heavy atom. The minimum Gasteiger partial charge on any atom is -0.356 e. The van der Waals surface area contributed by atoms with Gasteiger partial charge in [0.25, 0.3) is 0 Å². The zero-order valence-electron chi connectivity index (χ0n) is 18.4. The van der Waals surface area contributed by atoms with Crippen molar-refractivity contribution >= 4 is 47.4 Å². The van der Waals surface area contributed by atoms with Crippen molar-refractivity contribution in [3.63, 3.8) is 0 Å². The van der Waals surface area contributed by atoms with Crippen LogP contribution in [0.5, 0.6) is 0 Å². The molecule has 2 aliphatic rings. The molecular weight excluding hydrogens is 511 g/mol. The Hall–Kier alpha value is -1.02. The number of nitrogens with zero attached hydrogens (tertiary/aromatic N) is 2. The van der Waals surface area contributed by atoms with Gasteiger partial charge in [0.2, 0.25) is 5.91 Å². The summed E-state index contributed by atoms with van der Waals surface area (Å²) >= 11 is 6.19. The first-order valence-electron chi connectivity index (χ1n) is 11.0. The van der Waals surface area contributed by atoms with Crippen LogP contribution in [0.15, 0.2) is 29.3 Å². The number of guanidine groups is 1. The summed E-state index contributed by atoms with van der Waals surface area (Å²) in [6.45, 7) is 6.73. The number of amides is 1. The lowest BCUT2D eigenvalue weighted by Gasteiger charge is -2.35. The molecule has 2 N–H and O–H groups in total. The van der Waals surface area contributed by atoms with E-state index in [-0.39, 0.29) is 35.3 Å². The average molecular weight is 547 g/mol. The van der Waals surface area contributed by atoms with Gasteiger partial charge in [0.15, 0.2) is 5.96 Å². The highest BCUT2D eigenvalue weighted by molar-refractivity contribution is 14.0. The second-order valence-electron chi connectivity index (χ2n) is 8.47. The molecule has 3 rings (SSSR count). The van der Waals surface area contributed by atoms with Gasteiger partial charge in [0, 0.05) is 49.1 Å². The Labute approximate surface area is 203 Å². The van der Waals surface area contributed by atoms with Crippen molar-refractivity contribution in [2.45, 2.75) is 63.8 Å². The number of halogens is 2. The summed E-state index contributed by atoms with van der Waals surface area (Å²) in [4.78, 5) is 19.1. The molecule has 0 aromatic heterocycles. The Kier molecular flexibility index (Phi) is 9.72. The van der Waals surface area contributed by atoms with E-state index >= 15 is 0 Å². The van der Waals surface area contributed by atoms with E-state index < -0.39 is 0 Å². The number of rotatable bonds is 7. The molecule has 7 heteroatoms. The smallest absolute Gasteiger partial charge is 0.225 e. The molecule has 30 heavy (non-hydrogen) atoms. The van der Waals surface area contributed by atoms with Crippen LogP contribution in [0.1, 0.15) is 57.9 Å². The van der Waals surface area contributed by atoms with Gasteiger partial charge in [-0.25, -0.2) is 0 Å². The summed E-state index contributed by atoms with van der Waals surface area (Å²) in [5, 5.41) is 7.88. The van der Waals surface area contributed by atoms with Crippen LogP contribution in [0, 0.1) is 5.92 Å². The van der Waals surface area contributed by atoms with Gasteiger partial charge in [-0.15, -0.1) is 24.0 Å². The van der Waals surface area contributed by atoms with Crippen LogP contribution in [-0.4, -0.2) is 49.5 Å². The third kappa shape index (κ3) is 6.25. The highest BCUT2D eigenvalue weighted by Gasteiger charge is 2.44. The van der Waals surface area contributed by atoms with Crippen LogP contribution in [-0.2, 0) is 10.2 Å². The third-order valence-electron chi connectivity index (χ3n) is 6.59. The molecule has 0 atom stereocenters. The summed E-state index contributed by atoms with van der Waals surface area (Å²) in [7, 11) is 1.82. The minimum absolute atomic E-state index is 0. The summed E-state index contributed by atoms with van der Waals surface area (Å²) < 4.78 is 0. The number of aliphatic imine (C=N–C) groups is 1. The zero-order valence-corrected chi connectivity index (χ0v) is 21.5. The third-order valence-corrected chi connectivity index (χ3v) is 6.83. The molecule has 1 aromatic rings.